The maximum Gasteiger partial charge on any atom is 0.160 e. The van der Waals surface area contributed by atoms with Crippen molar-refractivity contribution in [3.63, 3.8) is 0 Å². The van der Waals surface area contributed by atoms with E-state index in [0.717, 1.165) is 22.8 Å². The monoisotopic (exact) mass is 297 g/mol. The number of benzene rings is 1. The minimum absolute atomic E-state index is 0.407. The third-order valence-corrected chi connectivity index (χ3v) is 3.21. The second kappa shape index (κ2) is 4.67. The van der Waals surface area contributed by atoms with Crippen molar-refractivity contribution in [2.24, 2.45) is 0 Å². The van der Waals surface area contributed by atoms with Gasteiger partial charge in [-0.1, -0.05) is 0 Å². The van der Waals surface area contributed by atoms with Crippen LogP contribution in [0.25, 0.3) is 11.3 Å². The Labute approximate surface area is 107 Å². The third-order valence-electron chi connectivity index (χ3n) is 2.41. The first kappa shape index (κ1) is 11.8. The molecule has 0 amide bonds. The number of methoxy groups -OCH3 is 2. The van der Waals surface area contributed by atoms with Gasteiger partial charge in [0.05, 0.1) is 24.4 Å². The fraction of sp³-hybridized carbons (Fsp3) is 0.182. The van der Waals surface area contributed by atoms with Gasteiger partial charge in [0.2, 0.25) is 0 Å². The van der Waals surface area contributed by atoms with Crippen molar-refractivity contribution in [1.82, 2.24) is 10.2 Å². The molecule has 1 aromatic heterocycles. The number of halogens is 1. The van der Waals surface area contributed by atoms with E-state index in [4.69, 9.17) is 15.2 Å². The van der Waals surface area contributed by atoms with Crippen molar-refractivity contribution in [3.05, 3.63) is 22.7 Å². The number of ether oxygens (including phenoxy) is 2. The molecule has 0 spiro atoms. The molecular formula is C11H12BrN3O2. The van der Waals surface area contributed by atoms with Gasteiger partial charge in [0.25, 0.3) is 0 Å². The van der Waals surface area contributed by atoms with Gasteiger partial charge >= 0.3 is 0 Å². The Bertz CT molecular complexity index is 540. The quantitative estimate of drug-likeness (QED) is 0.913. The van der Waals surface area contributed by atoms with Crippen molar-refractivity contribution in [2.45, 2.75) is 0 Å². The molecule has 0 aliphatic rings. The molecule has 0 radical (unpaired) electrons. The lowest BCUT2D eigenvalue weighted by Crippen LogP contribution is -1.91. The fourth-order valence-electron chi connectivity index (χ4n) is 1.53. The number of hydrogen-bond acceptors (Lipinski definition) is 4. The van der Waals surface area contributed by atoms with Crippen LogP contribution >= 0.6 is 15.9 Å². The van der Waals surface area contributed by atoms with E-state index in [-0.39, 0.29) is 0 Å². The van der Waals surface area contributed by atoms with E-state index in [0.29, 0.717) is 10.3 Å². The zero-order valence-corrected chi connectivity index (χ0v) is 11.0. The zero-order valence-electron chi connectivity index (χ0n) is 9.45. The highest BCUT2D eigenvalue weighted by molar-refractivity contribution is 9.10. The predicted molar refractivity (Wildman–Crippen MR) is 69.2 cm³/mol. The molecule has 0 aliphatic heterocycles. The van der Waals surface area contributed by atoms with E-state index in [2.05, 4.69) is 26.1 Å². The standard InChI is InChI=1S/C11H12BrN3O2/c1-16-6-3-4-8(17-2)7(5-6)10-9(12)11(13)15-14-10/h3-5H,1-2H3,(H3,13,14,15). The van der Waals surface area contributed by atoms with E-state index in [9.17, 15) is 0 Å². The molecule has 0 atom stereocenters. The Morgan fingerprint density at radius 2 is 2.06 bits per heavy atom. The van der Waals surface area contributed by atoms with Gasteiger partial charge in [-0.3, -0.25) is 5.10 Å². The first-order chi connectivity index (χ1) is 8.17. The molecule has 0 fully saturated rings. The summed E-state index contributed by atoms with van der Waals surface area (Å²) in [6.07, 6.45) is 0. The minimum atomic E-state index is 0.407. The molecule has 6 heteroatoms. The van der Waals surface area contributed by atoms with Crippen molar-refractivity contribution in [3.8, 4) is 22.8 Å². The number of hydrogen-bond donors (Lipinski definition) is 2. The summed E-state index contributed by atoms with van der Waals surface area (Å²) in [7, 11) is 3.22. The van der Waals surface area contributed by atoms with Crippen LogP contribution in [0.15, 0.2) is 22.7 Å². The van der Waals surface area contributed by atoms with E-state index >= 15 is 0 Å². The van der Waals surface area contributed by atoms with Gasteiger partial charge in [0.15, 0.2) is 5.82 Å². The number of rotatable bonds is 3. The summed E-state index contributed by atoms with van der Waals surface area (Å²) in [5, 5.41) is 6.79. The normalized spacial score (nSPS) is 10.3. The van der Waals surface area contributed by atoms with Gasteiger partial charge in [0.1, 0.15) is 11.5 Å². The van der Waals surface area contributed by atoms with Crippen molar-refractivity contribution < 1.29 is 9.47 Å². The summed E-state index contributed by atoms with van der Waals surface area (Å²) in [6.45, 7) is 0. The second-order valence-electron chi connectivity index (χ2n) is 3.36. The number of nitrogens with zero attached hydrogens (tertiary/aromatic N) is 1. The second-order valence-corrected chi connectivity index (χ2v) is 4.16. The number of nitrogens with two attached hydrogens (primary N) is 1. The average Bonchev–Trinajstić information content (AvgIpc) is 2.69. The molecule has 90 valence electrons. The molecule has 1 heterocycles. The lowest BCUT2D eigenvalue weighted by atomic mass is 10.1. The van der Waals surface area contributed by atoms with Crippen LogP contribution < -0.4 is 15.2 Å². The molecule has 2 aromatic rings. The Morgan fingerprint density at radius 1 is 1.29 bits per heavy atom. The van der Waals surface area contributed by atoms with E-state index < -0.39 is 0 Å². The lowest BCUT2D eigenvalue weighted by Gasteiger charge is -2.09. The highest BCUT2D eigenvalue weighted by Gasteiger charge is 2.15. The Morgan fingerprint density at radius 3 is 2.59 bits per heavy atom. The van der Waals surface area contributed by atoms with Gasteiger partial charge < -0.3 is 15.2 Å². The number of anilines is 1. The molecule has 0 unspecified atom stereocenters. The maximum absolute atomic E-state index is 5.68. The van der Waals surface area contributed by atoms with E-state index in [1.807, 2.05) is 18.2 Å². The van der Waals surface area contributed by atoms with Crippen molar-refractivity contribution in [2.75, 3.05) is 20.0 Å². The topological polar surface area (TPSA) is 73.2 Å². The molecule has 0 saturated carbocycles. The Kier molecular flexibility index (Phi) is 3.23. The Hall–Kier alpha value is -1.69. The van der Waals surface area contributed by atoms with Gasteiger partial charge in [-0.25, -0.2) is 0 Å². The number of H-pyrrole nitrogens is 1. The molecule has 17 heavy (non-hydrogen) atoms. The van der Waals surface area contributed by atoms with Gasteiger partial charge in [-0.15, -0.1) is 0 Å². The average molecular weight is 298 g/mol. The van der Waals surface area contributed by atoms with E-state index in [1.54, 1.807) is 14.2 Å². The van der Waals surface area contributed by atoms with Gasteiger partial charge in [-0.05, 0) is 34.1 Å². The number of aromatic amines is 1. The smallest absolute Gasteiger partial charge is 0.160 e. The van der Waals surface area contributed by atoms with Crippen LogP contribution in [0.5, 0.6) is 11.5 Å². The fourth-order valence-corrected chi connectivity index (χ4v) is 1.92. The summed E-state index contributed by atoms with van der Waals surface area (Å²) in [5.41, 5.74) is 7.28. The van der Waals surface area contributed by atoms with E-state index in [1.165, 1.54) is 0 Å². The lowest BCUT2D eigenvalue weighted by molar-refractivity contribution is 0.404. The summed E-state index contributed by atoms with van der Waals surface area (Å²) in [5.74, 6) is 1.86. The van der Waals surface area contributed by atoms with Crippen molar-refractivity contribution in [1.29, 1.82) is 0 Å². The van der Waals surface area contributed by atoms with Crippen LogP contribution in [0.1, 0.15) is 0 Å². The molecule has 0 saturated heterocycles. The number of aromatic nitrogens is 2. The van der Waals surface area contributed by atoms with Gasteiger partial charge in [-0.2, -0.15) is 5.10 Å². The summed E-state index contributed by atoms with van der Waals surface area (Å²) in [6, 6.07) is 5.52. The highest BCUT2D eigenvalue weighted by atomic mass is 79.9. The van der Waals surface area contributed by atoms with Crippen LogP contribution in [-0.4, -0.2) is 24.4 Å². The van der Waals surface area contributed by atoms with Gasteiger partial charge in [0, 0.05) is 5.56 Å². The third kappa shape index (κ3) is 2.08. The number of nitrogen functional groups attached to an aromatic ring is 1. The molecule has 5 nitrogen and oxygen atoms in total. The van der Waals surface area contributed by atoms with Crippen LogP contribution in [0, 0.1) is 0 Å². The maximum atomic E-state index is 5.68. The molecule has 3 N–H and O–H groups in total. The first-order valence-corrected chi connectivity index (χ1v) is 5.68. The highest BCUT2D eigenvalue weighted by Crippen LogP contribution is 2.37. The SMILES string of the molecule is COc1ccc(OC)c(-c2[nH]nc(N)c2Br)c1. The summed E-state index contributed by atoms with van der Waals surface area (Å²) < 4.78 is 11.2. The van der Waals surface area contributed by atoms with Crippen LogP contribution in [0.2, 0.25) is 0 Å². The van der Waals surface area contributed by atoms with Crippen LogP contribution in [-0.2, 0) is 0 Å². The summed E-state index contributed by atoms with van der Waals surface area (Å²) >= 11 is 3.38. The van der Waals surface area contributed by atoms with Crippen molar-refractivity contribution >= 4 is 21.7 Å². The number of nitrogens with one attached hydrogen (secondary N) is 1. The molecule has 0 bridgehead atoms. The molecular weight excluding hydrogens is 286 g/mol. The first-order valence-electron chi connectivity index (χ1n) is 4.89. The molecule has 1 aromatic carbocycles. The molecule has 2 rings (SSSR count). The minimum Gasteiger partial charge on any atom is -0.497 e. The predicted octanol–water partition coefficient (Wildman–Crippen LogP) is 2.44. The van der Waals surface area contributed by atoms with Crippen LogP contribution in [0.4, 0.5) is 5.82 Å². The Balaban J connectivity index is 2.60. The van der Waals surface area contributed by atoms with Crippen LogP contribution in [0.3, 0.4) is 0 Å². The largest absolute Gasteiger partial charge is 0.497 e. The molecule has 0 aliphatic carbocycles. The zero-order chi connectivity index (χ0) is 12.4. The summed E-state index contributed by atoms with van der Waals surface area (Å²) in [4.78, 5) is 0.